The van der Waals surface area contributed by atoms with Crippen LogP contribution in [0.1, 0.15) is 28.8 Å². The van der Waals surface area contributed by atoms with Crippen molar-refractivity contribution in [3.8, 4) is 0 Å². The van der Waals surface area contributed by atoms with Crippen LogP contribution in [0.4, 0.5) is 10.1 Å². The van der Waals surface area contributed by atoms with Crippen LogP contribution in [0.15, 0.2) is 48.5 Å². The van der Waals surface area contributed by atoms with Gasteiger partial charge >= 0.3 is 0 Å². The first kappa shape index (κ1) is 13.5. The van der Waals surface area contributed by atoms with Crippen LogP contribution in [-0.4, -0.2) is 18.2 Å². The van der Waals surface area contributed by atoms with Crippen molar-refractivity contribution in [2.45, 2.75) is 12.8 Å². The molecule has 4 heteroatoms. The van der Waals surface area contributed by atoms with Gasteiger partial charge in [-0.25, -0.2) is 4.39 Å². The molecular formula is C17H14FNO2. The minimum Gasteiger partial charge on any atom is -0.312 e. The van der Waals surface area contributed by atoms with E-state index in [9.17, 15) is 14.0 Å². The monoisotopic (exact) mass is 283 g/mol. The Morgan fingerprint density at radius 2 is 1.76 bits per heavy atom. The summed E-state index contributed by atoms with van der Waals surface area (Å²) in [5.41, 5.74) is 1.25. The smallest absolute Gasteiger partial charge is 0.227 e. The zero-order valence-electron chi connectivity index (χ0n) is 11.4. The minimum absolute atomic E-state index is 0.0579. The number of nitrogens with zero attached hydrogens (tertiary/aromatic N) is 1. The number of carbonyl (C=O) groups is 2. The van der Waals surface area contributed by atoms with Crippen LogP contribution in [0.25, 0.3) is 0 Å². The van der Waals surface area contributed by atoms with Gasteiger partial charge in [0.05, 0.1) is 5.56 Å². The number of carbonyl (C=O) groups excluding carboxylic acids is 2. The Labute approximate surface area is 122 Å². The molecule has 3 rings (SSSR count). The standard InChI is InChI=1S/C17H14FNO2/c18-15-5-2-1-4-14(15)17(21)12-7-9-13(10-8-12)19-11-3-6-16(19)20/h1-2,4-5,7-10H,3,6,11H2. The van der Waals surface area contributed by atoms with E-state index in [1.165, 1.54) is 12.1 Å². The largest absolute Gasteiger partial charge is 0.312 e. The lowest BCUT2D eigenvalue weighted by Gasteiger charge is -2.15. The SMILES string of the molecule is O=C(c1ccc(N2CCCC2=O)cc1)c1ccccc1F. The van der Waals surface area contributed by atoms with Crippen molar-refractivity contribution < 1.29 is 14.0 Å². The van der Waals surface area contributed by atoms with E-state index in [1.807, 2.05) is 0 Å². The van der Waals surface area contributed by atoms with Crippen LogP contribution in [-0.2, 0) is 4.79 Å². The van der Waals surface area contributed by atoms with Gasteiger partial charge in [-0.05, 0) is 42.8 Å². The fourth-order valence-electron chi connectivity index (χ4n) is 2.51. The van der Waals surface area contributed by atoms with Gasteiger partial charge in [-0.15, -0.1) is 0 Å². The normalized spacial score (nSPS) is 14.5. The van der Waals surface area contributed by atoms with E-state index in [0.717, 1.165) is 12.1 Å². The first-order chi connectivity index (χ1) is 10.2. The number of rotatable bonds is 3. The molecule has 3 nitrogen and oxygen atoms in total. The molecule has 1 amide bonds. The zero-order chi connectivity index (χ0) is 14.8. The molecule has 0 N–H and O–H groups in total. The summed E-state index contributed by atoms with van der Waals surface area (Å²) >= 11 is 0. The van der Waals surface area contributed by atoms with E-state index in [2.05, 4.69) is 0 Å². The number of ketones is 1. The van der Waals surface area contributed by atoms with E-state index >= 15 is 0 Å². The second-order valence-corrected chi connectivity index (χ2v) is 5.00. The topological polar surface area (TPSA) is 37.4 Å². The lowest BCUT2D eigenvalue weighted by Crippen LogP contribution is -2.23. The van der Waals surface area contributed by atoms with E-state index in [1.54, 1.807) is 41.3 Å². The van der Waals surface area contributed by atoms with E-state index in [0.29, 0.717) is 18.5 Å². The van der Waals surface area contributed by atoms with Crippen molar-refractivity contribution in [2.75, 3.05) is 11.4 Å². The molecule has 0 bridgehead atoms. The Kier molecular flexibility index (Phi) is 3.52. The first-order valence-corrected chi connectivity index (χ1v) is 6.86. The van der Waals surface area contributed by atoms with Gasteiger partial charge in [-0.2, -0.15) is 0 Å². The summed E-state index contributed by atoms with van der Waals surface area (Å²) in [6.07, 6.45) is 1.42. The Balaban J connectivity index is 1.86. The number of halogens is 1. The average Bonchev–Trinajstić information content (AvgIpc) is 2.93. The number of benzene rings is 2. The molecule has 2 aromatic carbocycles. The predicted molar refractivity (Wildman–Crippen MR) is 77.9 cm³/mol. The summed E-state index contributed by atoms with van der Waals surface area (Å²) < 4.78 is 13.6. The summed E-state index contributed by atoms with van der Waals surface area (Å²) in [6.45, 7) is 0.708. The van der Waals surface area contributed by atoms with Gasteiger partial charge < -0.3 is 4.90 Å². The molecule has 1 heterocycles. The molecule has 1 aliphatic heterocycles. The van der Waals surface area contributed by atoms with Gasteiger partial charge in [0.1, 0.15) is 5.82 Å². The third-order valence-corrected chi connectivity index (χ3v) is 3.63. The summed E-state index contributed by atoms with van der Waals surface area (Å²) in [5, 5.41) is 0. The number of hydrogen-bond donors (Lipinski definition) is 0. The fraction of sp³-hybridized carbons (Fsp3) is 0.176. The summed E-state index contributed by atoms with van der Waals surface area (Å²) in [4.78, 5) is 25.6. The van der Waals surface area contributed by atoms with Crippen molar-refractivity contribution in [2.24, 2.45) is 0 Å². The molecule has 0 aromatic heterocycles. The van der Waals surface area contributed by atoms with Crippen LogP contribution in [0.5, 0.6) is 0 Å². The summed E-state index contributed by atoms with van der Waals surface area (Å²) in [5.74, 6) is -0.781. The number of anilines is 1. The second kappa shape index (κ2) is 5.48. The molecule has 0 saturated carbocycles. The highest BCUT2D eigenvalue weighted by atomic mass is 19.1. The number of hydrogen-bond acceptors (Lipinski definition) is 2. The molecule has 0 unspecified atom stereocenters. The highest BCUT2D eigenvalue weighted by Gasteiger charge is 2.22. The summed E-state index contributed by atoms with van der Waals surface area (Å²) in [6, 6.07) is 12.7. The Bertz CT molecular complexity index is 694. The molecule has 1 fully saturated rings. The maximum Gasteiger partial charge on any atom is 0.227 e. The van der Waals surface area contributed by atoms with Gasteiger partial charge in [-0.1, -0.05) is 12.1 Å². The lowest BCUT2D eigenvalue weighted by molar-refractivity contribution is -0.117. The zero-order valence-corrected chi connectivity index (χ0v) is 11.4. The van der Waals surface area contributed by atoms with Crippen molar-refractivity contribution in [1.82, 2.24) is 0 Å². The van der Waals surface area contributed by atoms with Gasteiger partial charge in [0.25, 0.3) is 0 Å². The average molecular weight is 283 g/mol. The van der Waals surface area contributed by atoms with Gasteiger partial charge in [0, 0.05) is 24.2 Å². The van der Waals surface area contributed by atoms with Crippen LogP contribution < -0.4 is 4.90 Å². The maximum absolute atomic E-state index is 13.6. The Morgan fingerprint density at radius 3 is 2.38 bits per heavy atom. The van der Waals surface area contributed by atoms with Gasteiger partial charge in [-0.3, -0.25) is 9.59 Å². The molecule has 1 aliphatic rings. The van der Waals surface area contributed by atoms with E-state index in [4.69, 9.17) is 0 Å². The highest BCUT2D eigenvalue weighted by Crippen LogP contribution is 2.22. The molecular weight excluding hydrogens is 269 g/mol. The fourth-order valence-corrected chi connectivity index (χ4v) is 2.51. The van der Waals surface area contributed by atoms with Crippen LogP contribution in [0.3, 0.4) is 0 Å². The van der Waals surface area contributed by atoms with Crippen LogP contribution in [0.2, 0.25) is 0 Å². The van der Waals surface area contributed by atoms with E-state index < -0.39 is 5.82 Å². The molecule has 2 aromatic rings. The second-order valence-electron chi connectivity index (χ2n) is 5.00. The van der Waals surface area contributed by atoms with Crippen molar-refractivity contribution in [3.63, 3.8) is 0 Å². The van der Waals surface area contributed by atoms with E-state index in [-0.39, 0.29) is 17.3 Å². The highest BCUT2D eigenvalue weighted by molar-refractivity contribution is 6.09. The lowest BCUT2D eigenvalue weighted by atomic mass is 10.0. The molecule has 0 radical (unpaired) electrons. The third kappa shape index (κ3) is 2.57. The third-order valence-electron chi connectivity index (χ3n) is 3.63. The van der Waals surface area contributed by atoms with Gasteiger partial charge in [0.2, 0.25) is 5.91 Å². The maximum atomic E-state index is 13.6. The minimum atomic E-state index is -0.527. The van der Waals surface area contributed by atoms with Crippen LogP contribution in [0, 0.1) is 5.82 Å². The molecule has 106 valence electrons. The van der Waals surface area contributed by atoms with Crippen LogP contribution >= 0.6 is 0 Å². The molecule has 1 saturated heterocycles. The molecule has 21 heavy (non-hydrogen) atoms. The molecule has 0 spiro atoms. The Morgan fingerprint density at radius 1 is 1.05 bits per heavy atom. The van der Waals surface area contributed by atoms with Crippen molar-refractivity contribution in [3.05, 3.63) is 65.5 Å². The van der Waals surface area contributed by atoms with Crippen molar-refractivity contribution in [1.29, 1.82) is 0 Å². The predicted octanol–water partition coefficient (Wildman–Crippen LogP) is 3.18. The first-order valence-electron chi connectivity index (χ1n) is 6.86. The number of amides is 1. The molecule has 0 aliphatic carbocycles. The summed E-state index contributed by atoms with van der Waals surface area (Å²) in [7, 11) is 0. The van der Waals surface area contributed by atoms with Crippen molar-refractivity contribution >= 4 is 17.4 Å². The Hall–Kier alpha value is -2.49. The quantitative estimate of drug-likeness (QED) is 0.811. The van der Waals surface area contributed by atoms with Gasteiger partial charge in [0.15, 0.2) is 5.78 Å². The molecule has 0 atom stereocenters.